The number of aliphatic hydroxyl groups is 1. The Morgan fingerprint density at radius 2 is 1.65 bits per heavy atom. The fourth-order valence-electron chi connectivity index (χ4n) is 3.33. The summed E-state index contributed by atoms with van der Waals surface area (Å²) in [5.74, 6) is -0.496. The van der Waals surface area contributed by atoms with Gasteiger partial charge in [-0.1, -0.05) is 48.5 Å². The molecule has 1 aliphatic rings. The molecule has 26 heavy (non-hydrogen) atoms. The molecule has 0 spiro atoms. The molecule has 0 heterocycles. The second-order valence-electron chi connectivity index (χ2n) is 6.35. The van der Waals surface area contributed by atoms with Crippen molar-refractivity contribution in [3.05, 3.63) is 59.7 Å². The van der Waals surface area contributed by atoms with E-state index in [1.54, 1.807) is 0 Å². The molecule has 136 valence electrons. The summed E-state index contributed by atoms with van der Waals surface area (Å²) in [5.41, 5.74) is 9.68. The molecule has 4 N–H and O–H groups in total. The number of rotatable bonds is 7. The van der Waals surface area contributed by atoms with Crippen molar-refractivity contribution in [1.29, 1.82) is 0 Å². The molecule has 2 aromatic rings. The van der Waals surface area contributed by atoms with Gasteiger partial charge in [-0.05, 0) is 28.7 Å². The molecule has 0 saturated carbocycles. The van der Waals surface area contributed by atoms with Crippen molar-refractivity contribution >= 4 is 12.0 Å². The van der Waals surface area contributed by atoms with Crippen LogP contribution in [0.2, 0.25) is 0 Å². The Kier molecular flexibility index (Phi) is 5.53. The number of ether oxygens (including phenoxy) is 1. The van der Waals surface area contributed by atoms with Crippen molar-refractivity contribution in [3.8, 4) is 11.1 Å². The summed E-state index contributed by atoms with van der Waals surface area (Å²) in [5, 5.41) is 11.9. The highest BCUT2D eigenvalue weighted by Gasteiger charge is 2.29. The highest BCUT2D eigenvalue weighted by Crippen LogP contribution is 2.44. The SMILES string of the molecule is NC(=O)CC[C@H](CO)NC(=O)OCC1c2ccccc2-c2ccccc21. The Hall–Kier alpha value is -2.86. The van der Waals surface area contributed by atoms with Crippen molar-refractivity contribution in [1.82, 2.24) is 5.32 Å². The molecule has 3 rings (SSSR count). The van der Waals surface area contributed by atoms with Crippen molar-refractivity contribution in [2.45, 2.75) is 24.8 Å². The molecule has 2 amide bonds. The molecule has 0 unspecified atom stereocenters. The first-order valence-electron chi connectivity index (χ1n) is 8.60. The monoisotopic (exact) mass is 354 g/mol. The molecule has 2 aromatic carbocycles. The molecule has 0 saturated heterocycles. The lowest BCUT2D eigenvalue weighted by Gasteiger charge is -2.18. The molecule has 1 atom stereocenters. The largest absolute Gasteiger partial charge is 0.449 e. The molecule has 6 nitrogen and oxygen atoms in total. The Morgan fingerprint density at radius 3 is 2.19 bits per heavy atom. The maximum absolute atomic E-state index is 12.1. The molecule has 0 aromatic heterocycles. The van der Waals surface area contributed by atoms with E-state index >= 15 is 0 Å². The number of benzene rings is 2. The van der Waals surface area contributed by atoms with E-state index in [9.17, 15) is 14.7 Å². The van der Waals surface area contributed by atoms with Crippen molar-refractivity contribution in [2.75, 3.05) is 13.2 Å². The summed E-state index contributed by atoms with van der Waals surface area (Å²) in [6.07, 6.45) is -0.249. The lowest BCUT2D eigenvalue weighted by atomic mass is 9.98. The van der Waals surface area contributed by atoms with E-state index in [2.05, 4.69) is 17.4 Å². The number of hydrogen-bond donors (Lipinski definition) is 3. The van der Waals surface area contributed by atoms with Crippen LogP contribution in [0.25, 0.3) is 11.1 Å². The van der Waals surface area contributed by atoms with E-state index in [0.717, 1.165) is 22.3 Å². The van der Waals surface area contributed by atoms with E-state index in [1.165, 1.54) is 0 Å². The molecule has 0 aliphatic heterocycles. The average Bonchev–Trinajstić information content (AvgIpc) is 2.97. The lowest BCUT2D eigenvalue weighted by molar-refractivity contribution is -0.118. The van der Waals surface area contributed by atoms with E-state index < -0.39 is 18.0 Å². The summed E-state index contributed by atoms with van der Waals surface area (Å²) in [7, 11) is 0. The van der Waals surface area contributed by atoms with E-state index in [-0.39, 0.29) is 32.0 Å². The van der Waals surface area contributed by atoms with E-state index in [1.807, 2.05) is 36.4 Å². The summed E-state index contributed by atoms with van der Waals surface area (Å²) in [6.45, 7) is -0.0781. The van der Waals surface area contributed by atoms with Gasteiger partial charge in [-0.2, -0.15) is 0 Å². The zero-order valence-corrected chi connectivity index (χ0v) is 14.4. The number of amides is 2. The number of fused-ring (bicyclic) bond motifs is 3. The van der Waals surface area contributed by atoms with Gasteiger partial charge < -0.3 is 20.9 Å². The average molecular weight is 354 g/mol. The topological polar surface area (TPSA) is 102 Å². The predicted molar refractivity (Wildman–Crippen MR) is 97.5 cm³/mol. The van der Waals surface area contributed by atoms with Crippen LogP contribution in [0.4, 0.5) is 4.79 Å². The zero-order valence-electron chi connectivity index (χ0n) is 14.4. The molecular formula is C20H22N2O4. The predicted octanol–water partition coefficient (Wildman–Crippen LogP) is 2.15. The number of carbonyl (C=O) groups is 2. The van der Waals surface area contributed by atoms with Gasteiger partial charge in [0.05, 0.1) is 12.6 Å². The number of hydrogen-bond acceptors (Lipinski definition) is 4. The van der Waals surface area contributed by atoms with E-state index in [0.29, 0.717) is 0 Å². The third-order valence-electron chi connectivity index (χ3n) is 4.63. The van der Waals surface area contributed by atoms with Gasteiger partial charge in [0, 0.05) is 12.3 Å². The van der Waals surface area contributed by atoms with Crippen LogP contribution in [0, 0.1) is 0 Å². The van der Waals surface area contributed by atoms with Crippen LogP contribution in [0.5, 0.6) is 0 Å². The van der Waals surface area contributed by atoms with Crippen molar-refractivity contribution in [3.63, 3.8) is 0 Å². The third-order valence-corrected chi connectivity index (χ3v) is 4.63. The number of primary amides is 1. The highest BCUT2D eigenvalue weighted by atomic mass is 16.5. The van der Waals surface area contributed by atoms with Gasteiger partial charge in [-0.15, -0.1) is 0 Å². The fraction of sp³-hybridized carbons (Fsp3) is 0.300. The zero-order chi connectivity index (χ0) is 18.5. The lowest BCUT2D eigenvalue weighted by Crippen LogP contribution is -2.39. The first kappa shape index (κ1) is 17.9. The van der Waals surface area contributed by atoms with Crippen LogP contribution in [-0.4, -0.2) is 36.4 Å². The molecule has 0 radical (unpaired) electrons. The molecule has 0 fully saturated rings. The first-order valence-corrected chi connectivity index (χ1v) is 8.60. The summed E-state index contributed by atoms with van der Waals surface area (Å²) in [6, 6.07) is 15.6. The third kappa shape index (κ3) is 3.86. The van der Waals surface area contributed by atoms with Crippen LogP contribution in [0.3, 0.4) is 0 Å². The van der Waals surface area contributed by atoms with Gasteiger partial charge in [-0.25, -0.2) is 4.79 Å². The second kappa shape index (κ2) is 8.01. The Labute approximate surface area is 152 Å². The fourth-order valence-corrected chi connectivity index (χ4v) is 3.33. The minimum Gasteiger partial charge on any atom is -0.449 e. The van der Waals surface area contributed by atoms with Gasteiger partial charge in [0.2, 0.25) is 5.91 Å². The molecule has 0 bridgehead atoms. The number of nitrogens with two attached hydrogens (primary N) is 1. The molecule has 6 heteroatoms. The number of nitrogens with one attached hydrogen (secondary N) is 1. The Bertz CT molecular complexity index is 760. The minimum absolute atomic E-state index is 0.0219. The van der Waals surface area contributed by atoms with Crippen molar-refractivity contribution < 1.29 is 19.4 Å². The molecule has 1 aliphatic carbocycles. The number of aliphatic hydroxyl groups excluding tert-OH is 1. The van der Waals surface area contributed by atoms with Crippen molar-refractivity contribution in [2.24, 2.45) is 5.73 Å². The van der Waals surface area contributed by atoms with Gasteiger partial charge in [0.1, 0.15) is 6.61 Å². The van der Waals surface area contributed by atoms with Gasteiger partial charge in [0.15, 0.2) is 0 Å². The van der Waals surface area contributed by atoms with Gasteiger partial charge in [-0.3, -0.25) is 4.79 Å². The maximum Gasteiger partial charge on any atom is 0.407 e. The number of alkyl carbamates (subject to hydrolysis) is 1. The quantitative estimate of drug-likeness (QED) is 0.709. The van der Waals surface area contributed by atoms with Crippen LogP contribution in [0.1, 0.15) is 29.9 Å². The molecular weight excluding hydrogens is 332 g/mol. The maximum atomic E-state index is 12.1. The van der Waals surface area contributed by atoms with Gasteiger partial charge >= 0.3 is 6.09 Å². The first-order chi connectivity index (χ1) is 12.6. The van der Waals surface area contributed by atoms with E-state index in [4.69, 9.17) is 10.5 Å². The summed E-state index contributed by atoms with van der Waals surface area (Å²) in [4.78, 5) is 22.9. The normalized spacial score (nSPS) is 13.6. The van der Waals surface area contributed by atoms with Crippen LogP contribution in [0.15, 0.2) is 48.5 Å². The van der Waals surface area contributed by atoms with Crippen LogP contribution >= 0.6 is 0 Å². The standard InChI is InChI=1S/C20H22N2O4/c21-19(24)10-9-13(11-23)22-20(25)26-12-18-16-7-3-1-5-14(16)15-6-2-4-8-17(15)18/h1-8,13,18,23H,9-12H2,(H2,21,24)(H,22,25)/t13-/m1/s1. The highest BCUT2D eigenvalue weighted by molar-refractivity contribution is 5.79. The summed E-state index contributed by atoms with van der Waals surface area (Å²) < 4.78 is 5.40. The Morgan fingerprint density at radius 1 is 1.08 bits per heavy atom. The van der Waals surface area contributed by atoms with Crippen LogP contribution < -0.4 is 11.1 Å². The smallest absolute Gasteiger partial charge is 0.407 e. The van der Waals surface area contributed by atoms with Gasteiger partial charge in [0.25, 0.3) is 0 Å². The second-order valence-corrected chi connectivity index (χ2v) is 6.35. The van der Waals surface area contributed by atoms with Crippen LogP contribution in [-0.2, 0) is 9.53 Å². The Balaban J connectivity index is 1.64. The number of carbonyl (C=O) groups excluding carboxylic acids is 2. The minimum atomic E-state index is -0.615. The summed E-state index contributed by atoms with van der Waals surface area (Å²) >= 11 is 0.